The van der Waals surface area contributed by atoms with Crippen molar-refractivity contribution in [2.45, 2.75) is 43.9 Å². The minimum atomic E-state index is 0.274. The molecule has 1 N–H and O–H groups in total. The molecule has 4 heteroatoms. The molecule has 1 saturated heterocycles. The lowest BCUT2D eigenvalue weighted by Gasteiger charge is -2.34. The van der Waals surface area contributed by atoms with E-state index >= 15 is 0 Å². The normalized spacial score (nSPS) is 26.4. The van der Waals surface area contributed by atoms with E-state index in [0.29, 0.717) is 6.04 Å². The van der Waals surface area contributed by atoms with Gasteiger partial charge in [0.1, 0.15) is 0 Å². The number of fused-ring (bicyclic) bond motifs is 1. The molecule has 2 aliphatic rings. The van der Waals surface area contributed by atoms with Gasteiger partial charge in [-0.3, -0.25) is 0 Å². The molecule has 1 aromatic rings. The molecule has 0 radical (unpaired) electrons. The van der Waals surface area contributed by atoms with Gasteiger partial charge in [-0.15, -0.1) is 0 Å². The monoisotopic (exact) mass is 307 g/mol. The van der Waals surface area contributed by atoms with Crippen LogP contribution in [0.4, 0.5) is 0 Å². The molecule has 0 aliphatic carbocycles. The minimum absolute atomic E-state index is 0.274. The summed E-state index contributed by atoms with van der Waals surface area (Å²) in [5.74, 6) is 3.05. The molecule has 2 aliphatic heterocycles. The Hall–Kier alpha value is -0.870. The number of hydrogen-bond donors (Lipinski definition) is 1. The maximum Gasteiger partial charge on any atom is 0.161 e. The molecule has 116 valence electrons. The first-order valence-corrected chi connectivity index (χ1v) is 8.98. The summed E-state index contributed by atoms with van der Waals surface area (Å²) in [6.07, 6.45) is 3.53. The van der Waals surface area contributed by atoms with Gasteiger partial charge in [-0.05, 0) is 49.8 Å². The van der Waals surface area contributed by atoms with E-state index in [9.17, 15) is 0 Å². The van der Waals surface area contributed by atoms with Gasteiger partial charge in [-0.2, -0.15) is 11.8 Å². The van der Waals surface area contributed by atoms with Crippen molar-refractivity contribution >= 4 is 11.8 Å². The van der Waals surface area contributed by atoms with Crippen molar-refractivity contribution in [3.63, 3.8) is 0 Å². The first kappa shape index (κ1) is 15.0. The Labute approximate surface area is 131 Å². The molecule has 0 bridgehead atoms. The van der Waals surface area contributed by atoms with Crippen LogP contribution in [-0.4, -0.2) is 30.3 Å². The molecule has 0 spiro atoms. The Morgan fingerprint density at radius 2 is 2.05 bits per heavy atom. The zero-order valence-electron chi connectivity index (χ0n) is 13.0. The molecule has 3 rings (SSSR count). The van der Waals surface area contributed by atoms with Crippen molar-refractivity contribution in [1.29, 1.82) is 0 Å². The van der Waals surface area contributed by atoms with E-state index < -0.39 is 0 Å². The van der Waals surface area contributed by atoms with Gasteiger partial charge in [0.05, 0.1) is 13.2 Å². The standard InChI is InChI=1S/C17H25NO2S/c1-3-18-16(17(2)8-4-11-21-17)13-6-7-14-15(12-13)20-10-5-9-19-14/h6-7,12,16,18H,3-5,8-11H2,1-2H3. The lowest BCUT2D eigenvalue weighted by atomic mass is 9.90. The van der Waals surface area contributed by atoms with Crippen LogP contribution in [0.1, 0.15) is 44.7 Å². The van der Waals surface area contributed by atoms with Crippen LogP contribution < -0.4 is 14.8 Å². The average molecular weight is 307 g/mol. The van der Waals surface area contributed by atoms with E-state index in [1.165, 1.54) is 24.2 Å². The molecule has 0 saturated carbocycles. The van der Waals surface area contributed by atoms with Crippen molar-refractivity contribution in [3.05, 3.63) is 23.8 Å². The van der Waals surface area contributed by atoms with E-state index in [1.807, 2.05) is 0 Å². The predicted octanol–water partition coefficient (Wildman–Crippen LogP) is 3.78. The topological polar surface area (TPSA) is 30.5 Å². The third-order valence-electron chi connectivity index (χ3n) is 4.37. The maximum atomic E-state index is 5.85. The maximum absolute atomic E-state index is 5.85. The van der Waals surface area contributed by atoms with Crippen molar-refractivity contribution in [2.24, 2.45) is 0 Å². The Morgan fingerprint density at radius 1 is 1.24 bits per heavy atom. The molecule has 1 fully saturated rings. The van der Waals surface area contributed by atoms with Crippen LogP contribution in [0, 0.1) is 0 Å². The highest BCUT2D eigenvalue weighted by Crippen LogP contribution is 2.47. The second-order valence-electron chi connectivity index (χ2n) is 6.01. The molecular weight excluding hydrogens is 282 g/mol. The fourth-order valence-corrected chi connectivity index (χ4v) is 4.71. The van der Waals surface area contributed by atoms with Crippen LogP contribution >= 0.6 is 11.8 Å². The molecule has 3 nitrogen and oxygen atoms in total. The molecule has 0 amide bonds. The lowest BCUT2D eigenvalue weighted by molar-refractivity contribution is 0.296. The summed E-state index contributed by atoms with van der Waals surface area (Å²) in [5.41, 5.74) is 1.32. The summed E-state index contributed by atoms with van der Waals surface area (Å²) >= 11 is 2.09. The van der Waals surface area contributed by atoms with Gasteiger partial charge in [0.15, 0.2) is 11.5 Å². The van der Waals surface area contributed by atoms with Gasteiger partial charge in [0, 0.05) is 17.2 Å². The molecule has 2 heterocycles. The van der Waals surface area contributed by atoms with Crippen LogP contribution in [0.25, 0.3) is 0 Å². The first-order valence-electron chi connectivity index (χ1n) is 8.00. The third kappa shape index (κ3) is 3.16. The van der Waals surface area contributed by atoms with E-state index in [-0.39, 0.29) is 4.75 Å². The van der Waals surface area contributed by atoms with Crippen LogP contribution in [-0.2, 0) is 0 Å². The summed E-state index contributed by atoms with van der Waals surface area (Å²) in [7, 11) is 0. The van der Waals surface area contributed by atoms with Gasteiger partial charge >= 0.3 is 0 Å². The first-order chi connectivity index (χ1) is 10.2. The number of hydrogen-bond acceptors (Lipinski definition) is 4. The van der Waals surface area contributed by atoms with E-state index in [1.54, 1.807) is 0 Å². The fourth-order valence-electron chi connectivity index (χ4n) is 3.28. The quantitative estimate of drug-likeness (QED) is 0.917. The van der Waals surface area contributed by atoms with E-state index in [4.69, 9.17) is 9.47 Å². The summed E-state index contributed by atoms with van der Waals surface area (Å²) in [6, 6.07) is 6.82. The van der Waals surface area contributed by atoms with Crippen molar-refractivity contribution in [3.8, 4) is 11.5 Å². The van der Waals surface area contributed by atoms with Gasteiger partial charge in [-0.1, -0.05) is 13.0 Å². The van der Waals surface area contributed by atoms with Crippen molar-refractivity contribution < 1.29 is 9.47 Å². The zero-order chi connectivity index (χ0) is 14.7. The molecule has 0 aromatic heterocycles. The van der Waals surface area contributed by atoms with E-state index in [0.717, 1.165) is 37.7 Å². The Kier molecular flexibility index (Phi) is 4.65. The molecule has 2 unspecified atom stereocenters. The Balaban J connectivity index is 1.90. The summed E-state index contributed by atoms with van der Waals surface area (Å²) in [5, 5.41) is 3.69. The summed E-state index contributed by atoms with van der Waals surface area (Å²) in [6.45, 7) is 7.04. The van der Waals surface area contributed by atoms with E-state index in [2.05, 4.69) is 49.1 Å². The number of ether oxygens (including phenoxy) is 2. The molecule has 2 atom stereocenters. The largest absolute Gasteiger partial charge is 0.490 e. The predicted molar refractivity (Wildman–Crippen MR) is 88.6 cm³/mol. The number of rotatable bonds is 4. The van der Waals surface area contributed by atoms with Crippen LogP contribution in [0.2, 0.25) is 0 Å². The minimum Gasteiger partial charge on any atom is -0.490 e. The number of thioether (sulfide) groups is 1. The van der Waals surface area contributed by atoms with Crippen LogP contribution in [0.15, 0.2) is 18.2 Å². The summed E-state index contributed by atoms with van der Waals surface area (Å²) < 4.78 is 11.9. The van der Waals surface area contributed by atoms with Gasteiger partial charge < -0.3 is 14.8 Å². The molecular formula is C17H25NO2S. The smallest absolute Gasteiger partial charge is 0.161 e. The second-order valence-corrected chi connectivity index (χ2v) is 7.64. The number of nitrogens with one attached hydrogen (secondary N) is 1. The van der Waals surface area contributed by atoms with Crippen molar-refractivity contribution in [1.82, 2.24) is 5.32 Å². The number of benzene rings is 1. The highest BCUT2D eigenvalue weighted by Gasteiger charge is 2.38. The van der Waals surface area contributed by atoms with Crippen LogP contribution in [0.3, 0.4) is 0 Å². The Bertz CT molecular complexity index is 486. The second kappa shape index (κ2) is 6.49. The zero-order valence-corrected chi connectivity index (χ0v) is 13.8. The lowest BCUT2D eigenvalue weighted by Crippen LogP contribution is -2.37. The molecule has 21 heavy (non-hydrogen) atoms. The Morgan fingerprint density at radius 3 is 2.76 bits per heavy atom. The average Bonchev–Trinajstić information content (AvgIpc) is 2.80. The molecule has 1 aromatic carbocycles. The summed E-state index contributed by atoms with van der Waals surface area (Å²) in [4.78, 5) is 0. The highest BCUT2D eigenvalue weighted by molar-refractivity contribution is 8.00. The highest BCUT2D eigenvalue weighted by atomic mass is 32.2. The van der Waals surface area contributed by atoms with Crippen LogP contribution in [0.5, 0.6) is 11.5 Å². The van der Waals surface area contributed by atoms with Gasteiger partial charge in [0.2, 0.25) is 0 Å². The SMILES string of the molecule is CCNC(c1ccc2c(c1)OCCCO2)C1(C)CCCS1. The van der Waals surface area contributed by atoms with Gasteiger partial charge in [-0.25, -0.2) is 0 Å². The fraction of sp³-hybridized carbons (Fsp3) is 0.647. The third-order valence-corrected chi connectivity index (χ3v) is 5.97. The van der Waals surface area contributed by atoms with Crippen molar-refractivity contribution in [2.75, 3.05) is 25.5 Å². The van der Waals surface area contributed by atoms with Gasteiger partial charge in [0.25, 0.3) is 0 Å².